The summed E-state index contributed by atoms with van der Waals surface area (Å²) in [6.45, 7) is 10.5. The molecule has 6 heteroatoms. The molecule has 0 N–H and O–H groups in total. The quantitative estimate of drug-likeness (QED) is 0.565. The van der Waals surface area contributed by atoms with Crippen molar-refractivity contribution in [2.45, 2.75) is 65.5 Å². The number of hydrogen-bond acceptors (Lipinski definition) is 5. The Hall–Kier alpha value is -1.53. The van der Waals surface area contributed by atoms with Crippen LogP contribution in [0, 0.1) is 24.2 Å². The molecule has 3 unspecified atom stereocenters. The minimum Gasteiger partial charge on any atom is -0.496 e. The summed E-state index contributed by atoms with van der Waals surface area (Å²) in [5, 5.41) is 0. The molecule has 4 fully saturated rings. The number of methoxy groups -OCH3 is 2. The molecular formula is C22H31BO5. The highest BCUT2D eigenvalue weighted by atomic mass is 16.7. The second kappa shape index (κ2) is 6.49. The third-order valence-electron chi connectivity index (χ3n) is 7.80. The van der Waals surface area contributed by atoms with Crippen molar-refractivity contribution in [1.29, 1.82) is 0 Å². The van der Waals surface area contributed by atoms with E-state index in [4.69, 9.17) is 18.8 Å². The molecule has 1 aromatic carbocycles. The SMILES string of the molecule is COc1cc(OC)c(C(C)=O)c(C)c1CB1OC2CC3CC(C3(C)C)[C@]2(C)O1. The maximum Gasteiger partial charge on any atom is 0.462 e. The monoisotopic (exact) mass is 386 g/mol. The molecule has 3 saturated carbocycles. The van der Waals surface area contributed by atoms with Crippen molar-refractivity contribution < 1.29 is 23.6 Å². The van der Waals surface area contributed by atoms with Crippen LogP contribution < -0.4 is 9.47 Å². The summed E-state index contributed by atoms with van der Waals surface area (Å²) >= 11 is 0. The highest BCUT2D eigenvalue weighted by Crippen LogP contribution is 2.65. The number of carbonyl (C=O) groups is 1. The highest BCUT2D eigenvalue weighted by Gasteiger charge is 2.67. The third-order valence-corrected chi connectivity index (χ3v) is 7.80. The summed E-state index contributed by atoms with van der Waals surface area (Å²) in [7, 11) is 2.88. The Morgan fingerprint density at radius 3 is 2.46 bits per heavy atom. The lowest BCUT2D eigenvalue weighted by atomic mass is 9.43. The zero-order chi connectivity index (χ0) is 20.4. The standard InChI is InChI=1S/C22H31BO5/c1-12-15(16(25-6)10-17(26-7)20(12)13(2)24)11-23-27-19-9-14-8-18(21(14,3)4)22(19,5)28-23/h10,14,18-19H,8-9,11H2,1-7H3/t14?,18?,19?,22-/m0/s1. The van der Waals surface area contributed by atoms with Gasteiger partial charge >= 0.3 is 7.12 Å². The van der Waals surface area contributed by atoms with Gasteiger partial charge in [0.25, 0.3) is 0 Å². The Labute approximate surface area is 168 Å². The second-order valence-corrected chi connectivity index (χ2v) is 9.42. The molecule has 0 spiro atoms. The zero-order valence-corrected chi connectivity index (χ0v) is 18.0. The summed E-state index contributed by atoms with van der Waals surface area (Å²) in [6, 6.07) is 1.79. The van der Waals surface area contributed by atoms with E-state index in [1.165, 1.54) is 6.42 Å². The maximum atomic E-state index is 12.2. The summed E-state index contributed by atoms with van der Waals surface area (Å²) in [5.41, 5.74) is 2.51. The Bertz CT molecular complexity index is 820. The Morgan fingerprint density at radius 1 is 1.21 bits per heavy atom. The predicted molar refractivity (Wildman–Crippen MR) is 108 cm³/mol. The molecular weight excluding hydrogens is 355 g/mol. The van der Waals surface area contributed by atoms with Crippen molar-refractivity contribution in [3.63, 3.8) is 0 Å². The maximum absolute atomic E-state index is 12.2. The first-order valence-corrected chi connectivity index (χ1v) is 10.2. The van der Waals surface area contributed by atoms with Crippen LogP contribution in [0.3, 0.4) is 0 Å². The summed E-state index contributed by atoms with van der Waals surface area (Å²) in [6.07, 6.45) is 3.00. The van der Waals surface area contributed by atoms with E-state index in [1.807, 2.05) is 6.92 Å². The first-order valence-electron chi connectivity index (χ1n) is 10.2. The number of rotatable bonds is 5. The molecule has 5 rings (SSSR count). The van der Waals surface area contributed by atoms with Crippen LogP contribution in [0.2, 0.25) is 0 Å². The molecule has 1 aromatic rings. The molecule has 5 nitrogen and oxygen atoms in total. The van der Waals surface area contributed by atoms with E-state index in [0.717, 1.165) is 23.5 Å². The van der Waals surface area contributed by atoms with Gasteiger partial charge in [0, 0.05) is 12.4 Å². The van der Waals surface area contributed by atoms with Crippen LogP contribution >= 0.6 is 0 Å². The molecule has 152 valence electrons. The van der Waals surface area contributed by atoms with E-state index in [2.05, 4.69) is 20.8 Å². The van der Waals surface area contributed by atoms with E-state index in [9.17, 15) is 4.79 Å². The minimum absolute atomic E-state index is 0.0188. The van der Waals surface area contributed by atoms with Gasteiger partial charge in [-0.25, -0.2) is 0 Å². The number of carbonyl (C=O) groups excluding carboxylic acids is 1. The molecule has 3 aliphatic carbocycles. The first kappa shape index (κ1) is 19.8. The summed E-state index contributed by atoms with van der Waals surface area (Å²) in [4.78, 5) is 12.2. The smallest absolute Gasteiger partial charge is 0.462 e. The van der Waals surface area contributed by atoms with Crippen LogP contribution in [0.15, 0.2) is 6.07 Å². The number of hydrogen-bond donors (Lipinski definition) is 0. The molecule has 1 aliphatic heterocycles. The normalized spacial score (nSPS) is 32.5. The van der Waals surface area contributed by atoms with Crippen LogP contribution in [0.5, 0.6) is 11.5 Å². The van der Waals surface area contributed by atoms with Gasteiger partial charge in [0.2, 0.25) is 0 Å². The Balaban J connectivity index is 1.64. The van der Waals surface area contributed by atoms with E-state index in [1.54, 1.807) is 27.2 Å². The predicted octanol–water partition coefficient (Wildman–Crippen LogP) is 4.02. The van der Waals surface area contributed by atoms with Crippen molar-refractivity contribution in [3.8, 4) is 11.5 Å². The number of Topliss-reactive ketones (excluding diaryl/α,β-unsaturated/α-hetero) is 1. The number of ketones is 1. The first-order chi connectivity index (χ1) is 13.1. The molecule has 4 aliphatic rings. The van der Waals surface area contributed by atoms with Crippen LogP contribution in [0.4, 0.5) is 0 Å². The Kier molecular flexibility index (Phi) is 4.59. The molecule has 1 heterocycles. The molecule has 4 atom stereocenters. The van der Waals surface area contributed by atoms with E-state index in [0.29, 0.717) is 34.7 Å². The van der Waals surface area contributed by atoms with Crippen molar-refractivity contribution in [3.05, 3.63) is 22.8 Å². The van der Waals surface area contributed by atoms with Crippen LogP contribution in [0.25, 0.3) is 0 Å². The van der Waals surface area contributed by atoms with Crippen molar-refractivity contribution in [2.24, 2.45) is 17.3 Å². The fourth-order valence-corrected chi connectivity index (χ4v) is 6.04. The fourth-order valence-electron chi connectivity index (χ4n) is 6.04. The van der Waals surface area contributed by atoms with Crippen LogP contribution in [0.1, 0.15) is 62.0 Å². The second-order valence-electron chi connectivity index (χ2n) is 9.42. The van der Waals surface area contributed by atoms with Gasteiger partial charge in [-0.05, 0) is 62.0 Å². The van der Waals surface area contributed by atoms with E-state index in [-0.39, 0.29) is 24.6 Å². The fraction of sp³-hybridized carbons (Fsp3) is 0.682. The van der Waals surface area contributed by atoms with Gasteiger partial charge in [0.05, 0.1) is 31.5 Å². The minimum atomic E-state index is -0.328. The van der Waals surface area contributed by atoms with Gasteiger partial charge in [-0.15, -0.1) is 0 Å². The van der Waals surface area contributed by atoms with E-state index >= 15 is 0 Å². The molecule has 0 amide bonds. The highest BCUT2D eigenvalue weighted by molar-refractivity contribution is 6.45. The lowest BCUT2D eigenvalue weighted by molar-refractivity contribution is -0.199. The van der Waals surface area contributed by atoms with Crippen molar-refractivity contribution in [2.75, 3.05) is 14.2 Å². The van der Waals surface area contributed by atoms with Crippen LogP contribution in [-0.2, 0) is 15.6 Å². The zero-order valence-electron chi connectivity index (χ0n) is 18.0. The topological polar surface area (TPSA) is 54.0 Å². The molecule has 28 heavy (non-hydrogen) atoms. The molecule has 2 bridgehead atoms. The average Bonchev–Trinajstić information content (AvgIpc) is 2.97. The molecule has 0 radical (unpaired) electrons. The van der Waals surface area contributed by atoms with Crippen molar-refractivity contribution in [1.82, 2.24) is 0 Å². The Morgan fingerprint density at radius 2 is 1.89 bits per heavy atom. The number of benzene rings is 1. The number of ether oxygens (including phenoxy) is 2. The third kappa shape index (κ3) is 2.64. The van der Waals surface area contributed by atoms with Gasteiger partial charge in [-0.3, -0.25) is 4.79 Å². The van der Waals surface area contributed by atoms with Gasteiger partial charge in [-0.2, -0.15) is 0 Å². The summed E-state index contributed by atoms with van der Waals surface area (Å²) in [5.74, 6) is 2.48. The van der Waals surface area contributed by atoms with Crippen molar-refractivity contribution >= 4 is 12.9 Å². The molecule has 1 saturated heterocycles. The lowest BCUT2D eigenvalue weighted by Gasteiger charge is -2.64. The lowest BCUT2D eigenvalue weighted by Crippen LogP contribution is -2.65. The van der Waals surface area contributed by atoms with Gasteiger partial charge in [0.15, 0.2) is 5.78 Å². The van der Waals surface area contributed by atoms with Crippen LogP contribution in [-0.4, -0.2) is 38.8 Å². The molecule has 0 aromatic heterocycles. The largest absolute Gasteiger partial charge is 0.496 e. The summed E-state index contributed by atoms with van der Waals surface area (Å²) < 4.78 is 24.0. The van der Waals surface area contributed by atoms with Gasteiger partial charge < -0.3 is 18.8 Å². The van der Waals surface area contributed by atoms with Gasteiger partial charge in [-0.1, -0.05) is 13.8 Å². The van der Waals surface area contributed by atoms with Gasteiger partial charge in [0.1, 0.15) is 11.5 Å². The average molecular weight is 386 g/mol. The van der Waals surface area contributed by atoms with E-state index < -0.39 is 0 Å².